The number of aryl methyl sites for hydroxylation is 3. The van der Waals surface area contributed by atoms with E-state index in [9.17, 15) is 0 Å². The van der Waals surface area contributed by atoms with E-state index in [1.807, 2.05) is 13.2 Å². The Morgan fingerprint density at radius 3 is 2.86 bits per heavy atom. The molecule has 0 unspecified atom stereocenters. The number of rotatable bonds is 3. The summed E-state index contributed by atoms with van der Waals surface area (Å²) in [6.07, 6.45) is 6.15. The van der Waals surface area contributed by atoms with E-state index in [4.69, 9.17) is 5.73 Å². The molecule has 0 fully saturated rings. The molecule has 0 aromatic carbocycles. The Kier molecular flexibility index (Phi) is 2.18. The number of hydrogen-bond donors (Lipinski definition) is 1. The summed E-state index contributed by atoms with van der Waals surface area (Å²) in [6, 6.07) is 0. The predicted molar refractivity (Wildman–Crippen MR) is 51.3 cm³/mol. The van der Waals surface area contributed by atoms with Crippen molar-refractivity contribution in [2.45, 2.75) is 13.0 Å². The van der Waals surface area contributed by atoms with Crippen molar-refractivity contribution in [3.8, 4) is 0 Å². The average molecular weight is 192 g/mol. The second-order valence-electron chi connectivity index (χ2n) is 3.17. The fourth-order valence-corrected chi connectivity index (χ4v) is 1.24. The summed E-state index contributed by atoms with van der Waals surface area (Å²) in [4.78, 5) is 0. The maximum Gasteiger partial charge on any atom is 0.0845 e. The highest BCUT2D eigenvalue weighted by Crippen LogP contribution is 2.00. The second-order valence-corrected chi connectivity index (χ2v) is 3.17. The molecule has 0 spiro atoms. The van der Waals surface area contributed by atoms with Crippen LogP contribution in [0.4, 0.5) is 5.69 Å². The lowest BCUT2D eigenvalue weighted by Crippen LogP contribution is -2.01. The molecule has 0 aliphatic heterocycles. The topological polar surface area (TPSA) is 74.5 Å². The zero-order chi connectivity index (χ0) is 9.97. The van der Waals surface area contributed by atoms with Gasteiger partial charge in [-0.25, -0.2) is 0 Å². The van der Waals surface area contributed by atoms with E-state index in [1.54, 1.807) is 21.8 Å². The van der Waals surface area contributed by atoms with E-state index >= 15 is 0 Å². The molecule has 0 amide bonds. The van der Waals surface area contributed by atoms with Crippen LogP contribution in [0.5, 0.6) is 0 Å². The minimum absolute atomic E-state index is 0.684. The molecule has 2 aromatic rings. The fraction of sp³-hybridized carbons (Fsp3) is 0.375. The third-order valence-electron chi connectivity index (χ3n) is 1.90. The highest BCUT2D eigenvalue weighted by molar-refractivity contribution is 5.30. The predicted octanol–water partition coefficient (Wildman–Crippen LogP) is -0.164. The molecule has 2 rings (SSSR count). The number of nitrogens with zero attached hydrogens (tertiary/aromatic N) is 5. The Balaban J connectivity index is 1.94. The Hall–Kier alpha value is -1.85. The van der Waals surface area contributed by atoms with Crippen molar-refractivity contribution in [1.29, 1.82) is 0 Å². The van der Waals surface area contributed by atoms with Gasteiger partial charge in [0.2, 0.25) is 0 Å². The van der Waals surface area contributed by atoms with E-state index < -0.39 is 0 Å². The molecule has 6 nitrogen and oxygen atoms in total. The Bertz CT molecular complexity index is 375. The van der Waals surface area contributed by atoms with Crippen molar-refractivity contribution >= 4 is 5.69 Å². The van der Waals surface area contributed by atoms with Crippen molar-refractivity contribution in [2.75, 3.05) is 5.73 Å². The summed E-state index contributed by atoms with van der Waals surface area (Å²) >= 11 is 0. The molecule has 14 heavy (non-hydrogen) atoms. The van der Waals surface area contributed by atoms with Crippen LogP contribution in [0.2, 0.25) is 0 Å². The Morgan fingerprint density at radius 1 is 1.43 bits per heavy atom. The number of aromatic nitrogens is 5. The van der Waals surface area contributed by atoms with Gasteiger partial charge < -0.3 is 5.73 Å². The van der Waals surface area contributed by atoms with Crippen molar-refractivity contribution in [3.05, 3.63) is 24.3 Å². The first kappa shape index (κ1) is 8.74. The SMILES string of the molecule is Cn1cc(CCn2cc(N)cn2)nn1. The highest BCUT2D eigenvalue weighted by atomic mass is 15.4. The number of hydrogen-bond acceptors (Lipinski definition) is 4. The van der Waals surface area contributed by atoms with Crippen molar-refractivity contribution in [1.82, 2.24) is 24.8 Å². The molecular weight excluding hydrogens is 180 g/mol. The van der Waals surface area contributed by atoms with Gasteiger partial charge in [-0.1, -0.05) is 5.21 Å². The molecule has 0 radical (unpaired) electrons. The van der Waals surface area contributed by atoms with Gasteiger partial charge in [0.05, 0.1) is 17.6 Å². The summed E-state index contributed by atoms with van der Waals surface area (Å²) in [5, 5.41) is 11.9. The number of nitrogen functional groups attached to an aromatic ring is 1. The first-order valence-corrected chi connectivity index (χ1v) is 4.37. The van der Waals surface area contributed by atoms with Crippen LogP contribution in [-0.2, 0) is 20.0 Å². The van der Waals surface area contributed by atoms with Gasteiger partial charge in [-0.3, -0.25) is 9.36 Å². The van der Waals surface area contributed by atoms with Crippen LogP contribution in [0.1, 0.15) is 5.69 Å². The van der Waals surface area contributed by atoms with E-state index in [-0.39, 0.29) is 0 Å². The van der Waals surface area contributed by atoms with Gasteiger partial charge in [0.25, 0.3) is 0 Å². The molecule has 2 N–H and O–H groups in total. The van der Waals surface area contributed by atoms with Crippen LogP contribution in [0.15, 0.2) is 18.6 Å². The van der Waals surface area contributed by atoms with Crippen LogP contribution in [0.25, 0.3) is 0 Å². The summed E-state index contributed by atoms with van der Waals surface area (Å²) in [5.74, 6) is 0. The van der Waals surface area contributed by atoms with Crippen LogP contribution < -0.4 is 5.73 Å². The zero-order valence-electron chi connectivity index (χ0n) is 7.96. The molecule has 0 saturated carbocycles. The zero-order valence-corrected chi connectivity index (χ0v) is 7.96. The molecule has 0 atom stereocenters. The molecule has 0 bridgehead atoms. The fourth-order valence-electron chi connectivity index (χ4n) is 1.24. The summed E-state index contributed by atoms with van der Waals surface area (Å²) in [6.45, 7) is 0.774. The lowest BCUT2D eigenvalue weighted by atomic mass is 10.3. The minimum Gasteiger partial charge on any atom is -0.396 e. The van der Waals surface area contributed by atoms with Crippen LogP contribution in [0, 0.1) is 0 Å². The lowest BCUT2D eigenvalue weighted by molar-refractivity contribution is 0.607. The van der Waals surface area contributed by atoms with Gasteiger partial charge >= 0.3 is 0 Å². The number of nitrogens with two attached hydrogens (primary N) is 1. The maximum absolute atomic E-state index is 5.54. The Morgan fingerprint density at radius 2 is 2.29 bits per heavy atom. The molecule has 2 aromatic heterocycles. The van der Waals surface area contributed by atoms with Gasteiger partial charge in [0.15, 0.2) is 0 Å². The first-order chi connectivity index (χ1) is 6.74. The molecule has 74 valence electrons. The molecule has 6 heteroatoms. The van der Waals surface area contributed by atoms with Gasteiger partial charge in [-0.2, -0.15) is 5.10 Å². The van der Waals surface area contributed by atoms with Crippen molar-refractivity contribution in [3.63, 3.8) is 0 Å². The third-order valence-corrected chi connectivity index (χ3v) is 1.90. The second kappa shape index (κ2) is 3.49. The van der Waals surface area contributed by atoms with Crippen LogP contribution in [-0.4, -0.2) is 24.8 Å². The summed E-state index contributed by atoms with van der Waals surface area (Å²) < 4.78 is 3.48. The van der Waals surface area contributed by atoms with Gasteiger partial charge in [0, 0.05) is 32.4 Å². The van der Waals surface area contributed by atoms with E-state index in [2.05, 4.69) is 15.4 Å². The van der Waals surface area contributed by atoms with Gasteiger partial charge in [-0.05, 0) is 0 Å². The maximum atomic E-state index is 5.54. The summed E-state index contributed by atoms with van der Waals surface area (Å²) in [5.41, 5.74) is 7.18. The third kappa shape index (κ3) is 1.90. The lowest BCUT2D eigenvalue weighted by Gasteiger charge is -1.96. The van der Waals surface area contributed by atoms with E-state index in [0.29, 0.717) is 5.69 Å². The van der Waals surface area contributed by atoms with Gasteiger partial charge in [-0.15, -0.1) is 5.10 Å². The minimum atomic E-state index is 0.684. The van der Waals surface area contributed by atoms with E-state index in [0.717, 1.165) is 18.7 Å². The largest absolute Gasteiger partial charge is 0.396 e. The quantitative estimate of drug-likeness (QED) is 0.733. The normalized spacial score (nSPS) is 10.6. The van der Waals surface area contributed by atoms with E-state index in [1.165, 1.54) is 0 Å². The van der Waals surface area contributed by atoms with Crippen molar-refractivity contribution in [2.24, 2.45) is 7.05 Å². The molecular formula is C8H12N6. The molecule has 2 heterocycles. The summed E-state index contributed by atoms with van der Waals surface area (Å²) in [7, 11) is 1.85. The van der Waals surface area contributed by atoms with Gasteiger partial charge in [0.1, 0.15) is 0 Å². The van der Waals surface area contributed by atoms with Crippen LogP contribution in [0.3, 0.4) is 0 Å². The Labute approximate surface area is 81.3 Å². The van der Waals surface area contributed by atoms with Crippen molar-refractivity contribution < 1.29 is 0 Å². The standard InChI is InChI=1S/C8H12N6/c1-13-6-8(11-12-13)2-3-14-5-7(9)4-10-14/h4-6H,2-3,9H2,1H3. The highest BCUT2D eigenvalue weighted by Gasteiger charge is 1.99. The first-order valence-electron chi connectivity index (χ1n) is 4.37. The average Bonchev–Trinajstić information content (AvgIpc) is 2.72. The number of anilines is 1. The van der Waals surface area contributed by atoms with Crippen LogP contribution >= 0.6 is 0 Å². The molecule has 0 aliphatic carbocycles. The monoisotopic (exact) mass is 192 g/mol. The molecule has 0 saturated heterocycles. The molecule has 0 aliphatic rings. The smallest absolute Gasteiger partial charge is 0.0845 e.